The number of rotatable bonds is 6. The van der Waals surface area contributed by atoms with Crippen LogP contribution in [0.2, 0.25) is 0 Å². The van der Waals surface area contributed by atoms with Crippen LogP contribution in [-0.2, 0) is 5.41 Å². The summed E-state index contributed by atoms with van der Waals surface area (Å²) in [5.41, 5.74) is 16.0. The van der Waals surface area contributed by atoms with Crippen molar-refractivity contribution in [3.63, 3.8) is 0 Å². The number of fused-ring (bicyclic) bond motifs is 3. The van der Waals surface area contributed by atoms with Gasteiger partial charge in [0.1, 0.15) is 0 Å². The first-order valence-electron chi connectivity index (χ1n) is 16.0. The molecule has 1 heteroatoms. The molecule has 0 aromatic heterocycles. The summed E-state index contributed by atoms with van der Waals surface area (Å²) < 4.78 is 0. The standard InChI is InChI=1S/C45H35N/c1-45(2)41-30-29-37(31-40(41)44-39(22-14-23-42(44)45)35-19-10-5-11-20-35)46(36-27-25-33(26-28-36)32-15-6-3-7-16-32)43-24-13-12-21-38(43)34-17-8-4-9-18-34/h3-31H,1-2H3. The Bertz CT molecular complexity index is 2140. The van der Waals surface area contributed by atoms with Crippen LogP contribution in [0.25, 0.3) is 44.5 Å². The van der Waals surface area contributed by atoms with Gasteiger partial charge in [0, 0.05) is 22.4 Å². The normalized spacial score (nSPS) is 12.7. The Labute approximate surface area is 272 Å². The fourth-order valence-corrected chi connectivity index (χ4v) is 7.18. The Balaban J connectivity index is 1.34. The molecule has 0 heterocycles. The van der Waals surface area contributed by atoms with E-state index in [2.05, 4.69) is 195 Å². The van der Waals surface area contributed by atoms with Gasteiger partial charge in [-0.05, 0) is 80.4 Å². The lowest BCUT2D eigenvalue weighted by Gasteiger charge is -2.29. The molecule has 1 aliphatic rings. The van der Waals surface area contributed by atoms with Crippen molar-refractivity contribution in [2.24, 2.45) is 0 Å². The van der Waals surface area contributed by atoms with Crippen LogP contribution in [0, 0.1) is 0 Å². The molecule has 0 radical (unpaired) electrons. The average Bonchev–Trinajstić information content (AvgIpc) is 3.36. The molecule has 0 spiro atoms. The largest absolute Gasteiger partial charge is 0.310 e. The second-order valence-electron chi connectivity index (χ2n) is 12.6. The van der Waals surface area contributed by atoms with Crippen molar-refractivity contribution in [2.45, 2.75) is 19.3 Å². The van der Waals surface area contributed by atoms with Gasteiger partial charge >= 0.3 is 0 Å². The van der Waals surface area contributed by atoms with Crippen LogP contribution < -0.4 is 4.90 Å². The highest BCUT2D eigenvalue weighted by Crippen LogP contribution is 2.54. The summed E-state index contributed by atoms with van der Waals surface area (Å²) in [6.07, 6.45) is 0. The Kier molecular flexibility index (Phi) is 6.88. The molecule has 7 aromatic carbocycles. The minimum atomic E-state index is -0.0991. The molecular formula is C45H35N. The van der Waals surface area contributed by atoms with E-state index in [4.69, 9.17) is 0 Å². The van der Waals surface area contributed by atoms with Gasteiger partial charge in [0.2, 0.25) is 0 Å². The van der Waals surface area contributed by atoms with E-state index >= 15 is 0 Å². The highest BCUT2D eigenvalue weighted by molar-refractivity contribution is 5.96. The predicted molar refractivity (Wildman–Crippen MR) is 195 cm³/mol. The second kappa shape index (κ2) is 11.4. The first-order chi connectivity index (χ1) is 22.6. The first kappa shape index (κ1) is 27.9. The zero-order valence-corrected chi connectivity index (χ0v) is 26.2. The highest BCUT2D eigenvalue weighted by Gasteiger charge is 2.37. The summed E-state index contributed by atoms with van der Waals surface area (Å²) in [5.74, 6) is 0. The molecule has 0 amide bonds. The predicted octanol–water partition coefficient (Wildman–Crippen LogP) is 12.5. The molecule has 46 heavy (non-hydrogen) atoms. The third kappa shape index (κ3) is 4.73. The van der Waals surface area contributed by atoms with Gasteiger partial charge < -0.3 is 4.90 Å². The first-order valence-corrected chi connectivity index (χ1v) is 16.0. The number of nitrogens with zero attached hydrogens (tertiary/aromatic N) is 1. The number of hydrogen-bond acceptors (Lipinski definition) is 1. The van der Waals surface area contributed by atoms with Gasteiger partial charge in [0.25, 0.3) is 0 Å². The fourth-order valence-electron chi connectivity index (χ4n) is 7.18. The van der Waals surface area contributed by atoms with Crippen LogP contribution in [0.5, 0.6) is 0 Å². The molecule has 1 aliphatic carbocycles. The second-order valence-corrected chi connectivity index (χ2v) is 12.6. The molecule has 0 saturated carbocycles. The van der Waals surface area contributed by atoms with Crippen LogP contribution in [0.4, 0.5) is 17.1 Å². The van der Waals surface area contributed by atoms with Gasteiger partial charge in [-0.15, -0.1) is 0 Å². The molecule has 1 nitrogen and oxygen atoms in total. The van der Waals surface area contributed by atoms with E-state index in [1.54, 1.807) is 0 Å². The summed E-state index contributed by atoms with van der Waals surface area (Å²) in [7, 11) is 0. The molecule has 0 aliphatic heterocycles. The van der Waals surface area contributed by atoms with E-state index < -0.39 is 0 Å². The maximum Gasteiger partial charge on any atom is 0.0540 e. The van der Waals surface area contributed by atoms with Crippen LogP contribution in [0.15, 0.2) is 176 Å². The topological polar surface area (TPSA) is 3.24 Å². The fraction of sp³-hybridized carbons (Fsp3) is 0.0667. The third-order valence-corrected chi connectivity index (χ3v) is 9.49. The number of anilines is 3. The lowest BCUT2D eigenvalue weighted by Crippen LogP contribution is -2.15. The summed E-state index contributed by atoms with van der Waals surface area (Å²) in [6.45, 7) is 4.72. The van der Waals surface area contributed by atoms with E-state index in [1.807, 2.05) is 0 Å². The lowest BCUT2D eigenvalue weighted by atomic mass is 9.82. The van der Waals surface area contributed by atoms with Gasteiger partial charge in [-0.2, -0.15) is 0 Å². The van der Waals surface area contributed by atoms with E-state index in [0.717, 1.165) is 17.1 Å². The van der Waals surface area contributed by atoms with Gasteiger partial charge in [-0.1, -0.05) is 159 Å². The van der Waals surface area contributed by atoms with Gasteiger partial charge in [0.05, 0.1) is 5.69 Å². The number of para-hydroxylation sites is 1. The molecule has 0 saturated heterocycles. The van der Waals surface area contributed by atoms with E-state index in [0.29, 0.717) is 0 Å². The van der Waals surface area contributed by atoms with Crippen molar-refractivity contribution in [1.29, 1.82) is 0 Å². The minimum Gasteiger partial charge on any atom is -0.310 e. The molecule has 220 valence electrons. The SMILES string of the molecule is CC1(C)c2ccc(N(c3ccc(-c4ccccc4)cc3)c3ccccc3-c3ccccc3)cc2-c2c(-c3ccccc3)cccc21. The molecule has 8 rings (SSSR count). The van der Waals surface area contributed by atoms with Gasteiger partial charge in [0.15, 0.2) is 0 Å². The van der Waals surface area contributed by atoms with E-state index in [1.165, 1.54) is 55.6 Å². The van der Waals surface area contributed by atoms with Crippen molar-refractivity contribution >= 4 is 17.1 Å². The number of hydrogen-bond donors (Lipinski definition) is 0. The Morgan fingerprint density at radius 2 is 0.891 bits per heavy atom. The number of benzene rings is 7. The Morgan fingerprint density at radius 3 is 1.57 bits per heavy atom. The Hall–Kier alpha value is -5.66. The monoisotopic (exact) mass is 589 g/mol. The molecule has 0 atom stereocenters. The van der Waals surface area contributed by atoms with Crippen LogP contribution >= 0.6 is 0 Å². The summed E-state index contributed by atoms with van der Waals surface area (Å²) in [4.78, 5) is 2.42. The molecule has 0 unspecified atom stereocenters. The van der Waals surface area contributed by atoms with Crippen molar-refractivity contribution in [2.75, 3.05) is 4.90 Å². The third-order valence-electron chi connectivity index (χ3n) is 9.49. The quantitative estimate of drug-likeness (QED) is 0.186. The van der Waals surface area contributed by atoms with Gasteiger partial charge in [-0.3, -0.25) is 0 Å². The molecule has 7 aromatic rings. The van der Waals surface area contributed by atoms with Crippen molar-refractivity contribution in [3.8, 4) is 44.5 Å². The lowest BCUT2D eigenvalue weighted by molar-refractivity contribution is 0.660. The van der Waals surface area contributed by atoms with Crippen LogP contribution in [-0.4, -0.2) is 0 Å². The van der Waals surface area contributed by atoms with Crippen LogP contribution in [0.1, 0.15) is 25.0 Å². The smallest absolute Gasteiger partial charge is 0.0540 e. The highest BCUT2D eigenvalue weighted by atomic mass is 15.1. The summed E-state index contributed by atoms with van der Waals surface area (Å²) in [6, 6.07) is 63.7. The maximum absolute atomic E-state index is 2.42. The van der Waals surface area contributed by atoms with Crippen LogP contribution in [0.3, 0.4) is 0 Å². The summed E-state index contributed by atoms with van der Waals surface area (Å²) >= 11 is 0. The zero-order chi connectivity index (χ0) is 31.1. The molecule has 0 bridgehead atoms. The van der Waals surface area contributed by atoms with Crippen molar-refractivity contribution in [1.82, 2.24) is 0 Å². The van der Waals surface area contributed by atoms with E-state index in [-0.39, 0.29) is 5.41 Å². The van der Waals surface area contributed by atoms with Crippen molar-refractivity contribution < 1.29 is 0 Å². The molecule has 0 fully saturated rings. The zero-order valence-electron chi connectivity index (χ0n) is 26.2. The summed E-state index contributed by atoms with van der Waals surface area (Å²) in [5, 5.41) is 0. The van der Waals surface area contributed by atoms with Gasteiger partial charge in [-0.25, -0.2) is 0 Å². The molecular weight excluding hydrogens is 555 g/mol. The average molecular weight is 590 g/mol. The van der Waals surface area contributed by atoms with E-state index in [9.17, 15) is 0 Å². The minimum absolute atomic E-state index is 0.0991. The maximum atomic E-state index is 2.42. The molecule has 0 N–H and O–H groups in total. The Morgan fingerprint density at radius 1 is 0.370 bits per heavy atom. The van der Waals surface area contributed by atoms with Crippen molar-refractivity contribution in [3.05, 3.63) is 187 Å².